The average molecular weight is 728 g/mol. The number of rotatable bonds is 39. The first-order valence-electron chi connectivity index (χ1n) is 22.3. The summed E-state index contributed by atoms with van der Waals surface area (Å²) in [6, 6.07) is 0. The Kier molecular flexibility index (Phi) is 35.0. The van der Waals surface area contributed by atoms with Gasteiger partial charge in [-0.05, 0) is 116 Å². The first kappa shape index (κ1) is 48.3. The maximum Gasteiger partial charge on any atom is 0.305 e. The van der Waals surface area contributed by atoms with Gasteiger partial charge in [0.1, 0.15) is 12.2 Å². The molecule has 0 radical (unpaired) electrons. The van der Waals surface area contributed by atoms with E-state index in [1.807, 2.05) is 0 Å². The Labute approximate surface area is 323 Å². The fraction of sp³-hybridized carbons (Fsp3) is 0.809. The van der Waals surface area contributed by atoms with E-state index in [2.05, 4.69) is 74.3 Å². The van der Waals surface area contributed by atoms with Crippen LogP contribution in [-0.4, -0.2) is 62.5 Å². The molecule has 0 bridgehead atoms. The molecule has 5 heteroatoms. The van der Waals surface area contributed by atoms with Gasteiger partial charge in [0.25, 0.3) is 0 Å². The molecule has 0 aromatic carbocycles. The topological polar surface area (TPSA) is 48.0 Å². The molecule has 1 aliphatic rings. The highest BCUT2D eigenvalue weighted by atomic mass is 16.6. The van der Waals surface area contributed by atoms with Crippen LogP contribution in [0.5, 0.6) is 0 Å². The molecular weight excluding hydrogens is 643 g/mol. The molecule has 52 heavy (non-hydrogen) atoms. The first-order chi connectivity index (χ1) is 25.6. The standard InChI is InChI=1S/C47H85NO4/c1-4-6-8-10-12-14-16-18-20-22-24-26-28-30-32-34-42-50-44-47(3,45-51-46(49)38-36-39-48-40-37-41-48)52-43-35-33-31-29-27-25-23-21-19-17-15-13-11-9-7-5-2/h12-15,18-21H,4-11,16-17,22-45H2,1-3H3/b14-12-,15-13-,20-18-,21-19-. The molecular formula is C47H85NO4. The predicted molar refractivity (Wildman–Crippen MR) is 225 cm³/mol. The third-order valence-corrected chi connectivity index (χ3v) is 10.0. The van der Waals surface area contributed by atoms with Crippen LogP contribution in [0.15, 0.2) is 48.6 Å². The molecule has 0 aromatic rings. The van der Waals surface area contributed by atoms with Crippen LogP contribution in [-0.2, 0) is 19.0 Å². The molecule has 0 aromatic heterocycles. The fourth-order valence-corrected chi connectivity index (χ4v) is 6.37. The Morgan fingerprint density at radius 3 is 1.50 bits per heavy atom. The van der Waals surface area contributed by atoms with Crippen molar-refractivity contribution in [2.75, 3.05) is 46.1 Å². The third-order valence-electron chi connectivity index (χ3n) is 10.0. The molecule has 0 aliphatic carbocycles. The van der Waals surface area contributed by atoms with Gasteiger partial charge >= 0.3 is 5.97 Å². The molecule has 0 amide bonds. The number of carbonyl (C=O) groups is 1. The summed E-state index contributed by atoms with van der Waals surface area (Å²) in [6.45, 7) is 12.1. The van der Waals surface area contributed by atoms with Crippen LogP contribution in [0, 0.1) is 0 Å². The lowest BCUT2D eigenvalue weighted by molar-refractivity contribution is -0.161. The fourth-order valence-electron chi connectivity index (χ4n) is 6.37. The Morgan fingerprint density at radius 1 is 0.558 bits per heavy atom. The zero-order valence-corrected chi connectivity index (χ0v) is 34.7. The third kappa shape index (κ3) is 32.9. The van der Waals surface area contributed by atoms with E-state index in [-0.39, 0.29) is 12.6 Å². The van der Waals surface area contributed by atoms with Gasteiger partial charge in [0.05, 0.1) is 6.61 Å². The van der Waals surface area contributed by atoms with E-state index in [0.717, 1.165) is 45.3 Å². The molecule has 0 spiro atoms. The molecule has 5 nitrogen and oxygen atoms in total. The quantitative estimate of drug-likeness (QED) is 0.0358. The molecule has 1 heterocycles. The molecule has 1 unspecified atom stereocenters. The van der Waals surface area contributed by atoms with Crippen molar-refractivity contribution >= 4 is 5.97 Å². The molecule has 1 rings (SSSR count). The van der Waals surface area contributed by atoms with Crippen molar-refractivity contribution in [1.29, 1.82) is 0 Å². The van der Waals surface area contributed by atoms with Crippen LogP contribution in [0.25, 0.3) is 0 Å². The molecule has 0 saturated carbocycles. The van der Waals surface area contributed by atoms with Crippen LogP contribution >= 0.6 is 0 Å². The van der Waals surface area contributed by atoms with Gasteiger partial charge in [-0.2, -0.15) is 0 Å². The number of allylic oxidation sites excluding steroid dienone is 8. The maximum atomic E-state index is 12.5. The number of hydrogen-bond donors (Lipinski definition) is 0. The van der Waals surface area contributed by atoms with E-state index >= 15 is 0 Å². The zero-order valence-electron chi connectivity index (χ0n) is 34.7. The van der Waals surface area contributed by atoms with Gasteiger partial charge in [-0.1, -0.05) is 140 Å². The van der Waals surface area contributed by atoms with E-state index in [1.165, 1.54) is 148 Å². The van der Waals surface area contributed by atoms with Gasteiger partial charge in [0.2, 0.25) is 0 Å². The Morgan fingerprint density at radius 2 is 1.02 bits per heavy atom. The first-order valence-corrected chi connectivity index (χ1v) is 22.3. The van der Waals surface area contributed by atoms with Gasteiger partial charge < -0.3 is 19.1 Å². The van der Waals surface area contributed by atoms with Crippen LogP contribution in [0.4, 0.5) is 0 Å². The van der Waals surface area contributed by atoms with Crippen molar-refractivity contribution in [2.45, 2.75) is 200 Å². The van der Waals surface area contributed by atoms with E-state index in [4.69, 9.17) is 14.2 Å². The number of esters is 1. The van der Waals surface area contributed by atoms with Crippen LogP contribution < -0.4 is 0 Å². The number of nitrogens with zero attached hydrogens (tertiary/aromatic N) is 1. The minimum absolute atomic E-state index is 0.116. The number of carbonyl (C=O) groups excluding carboxylic acids is 1. The second-order valence-corrected chi connectivity index (χ2v) is 15.5. The zero-order chi connectivity index (χ0) is 37.5. The van der Waals surface area contributed by atoms with Gasteiger partial charge in [-0.15, -0.1) is 0 Å². The van der Waals surface area contributed by atoms with Crippen molar-refractivity contribution in [3.05, 3.63) is 48.6 Å². The molecule has 1 atom stereocenters. The monoisotopic (exact) mass is 728 g/mol. The minimum atomic E-state index is -0.595. The summed E-state index contributed by atoms with van der Waals surface area (Å²) >= 11 is 0. The number of unbranched alkanes of at least 4 members (excludes halogenated alkanes) is 18. The van der Waals surface area contributed by atoms with Crippen molar-refractivity contribution < 1.29 is 19.0 Å². The molecule has 1 aliphatic heterocycles. The number of hydrogen-bond acceptors (Lipinski definition) is 5. The molecule has 0 N–H and O–H groups in total. The average Bonchev–Trinajstić information content (AvgIpc) is 3.12. The highest BCUT2D eigenvalue weighted by Gasteiger charge is 2.28. The Bertz CT molecular complexity index is 892. The predicted octanol–water partition coefficient (Wildman–Crippen LogP) is 13.4. The lowest BCUT2D eigenvalue weighted by Crippen LogP contribution is -2.41. The van der Waals surface area contributed by atoms with Crippen molar-refractivity contribution in [3.8, 4) is 0 Å². The van der Waals surface area contributed by atoms with Crippen LogP contribution in [0.2, 0.25) is 0 Å². The van der Waals surface area contributed by atoms with Crippen molar-refractivity contribution in [2.24, 2.45) is 0 Å². The summed E-state index contributed by atoms with van der Waals surface area (Å²) in [7, 11) is 0. The number of ether oxygens (including phenoxy) is 3. The summed E-state index contributed by atoms with van der Waals surface area (Å²) in [6.07, 6.45) is 50.9. The van der Waals surface area contributed by atoms with E-state index < -0.39 is 5.60 Å². The number of likely N-dealkylation sites (tertiary alicyclic amines) is 1. The smallest absolute Gasteiger partial charge is 0.305 e. The van der Waals surface area contributed by atoms with Crippen LogP contribution in [0.3, 0.4) is 0 Å². The van der Waals surface area contributed by atoms with E-state index in [9.17, 15) is 4.79 Å². The maximum absolute atomic E-state index is 12.5. The van der Waals surface area contributed by atoms with Crippen molar-refractivity contribution in [1.82, 2.24) is 4.90 Å². The highest BCUT2D eigenvalue weighted by molar-refractivity contribution is 5.69. The van der Waals surface area contributed by atoms with Gasteiger partial charge in [-0.3, -0.25) is 4.79 Å². The van der Waals surface area contributed by atoms with Gasteiger partial charge in [0.15, 0.2) is 0 Å². The summed E-state index contributed by atoms with van der Waals surface area (Å²) < 4.78 is 18.2. The van der Waals surface area contributed by atoms with Gasteiger partial charge in [-0.25, -0.2) is 0 Å². The summed E-state index contributed by atoms with van der Waals surface area (Å²) in [5.41, 5.74) is -0.595. The minimum Gasteiger partial charge on any atom is -0.463 e. The van der Waals surface area contributed by atoms with Crippen LogP contribution in [0.1, 0.15) is 194 Å². The Hall–Kier alpha value is -1.69. The normalized spacial score (nSPS) is 15.1. The molecule has 1 saturated heterocycles. The molecule has 1 fully saturated rings. The summed E-state index contributed by atoms with van der Waals surface area (Å²) in [5, 5.41) is 0. The SMILES string of the molecule is CCCCC/C=C\C/C=C\CCCCCCCCOCC(C)(COC(=O)CCCN1CCC1)OCCCCCCCC/C=C\C/C=C\CCCCC. The van der Waals surface area contributed by atoms with Crippen molar-refractivity contribution in [3.63, 3.8) is 0 Å². The lowest BCUT2D eigenvalue weighted by atomic mass is 10.1. The highest BCUT2D eigenvalue weighted by Crippen LogP contribution is 2.17. The van der Waals surface area contributed by atoms with E-state index in [0.29, 0.717) is 19.6 Å². The largest absolute Gasteiger partial charge is 0.463 e. The van der Waals surface area contributed by atoms with E-state index in [1.54, 1.807) is 0 Å². The second-order valence-electron chi connectivity index (χ2n) is 15.5. The summed E-state index contributed by atoms with van der Waals surface area (Å²) in [5.74, 6) is -0.116. The second kappa shape index (κ2) is 37.6. The van der Waals surface area contributed by atoms with Gasteiger partial charge in [0, 0.05) is 19.6 Å². The lowest BCUT2D eigenvalue weighted by Gasteiger charge is -2.31. The Balaban J connectivity index is 2.17. The summed E-state index contributed by atoms with van der Waals surface area (Å²) in [4.78, 5) is 14.9. The molecule has 302 valence electrons.